The van der Waals surface area contributed by atoms with Crippen molar-refractivity contribution >= 4 is 18.3 Å². The normalized spacial score (nSPS) is 13.9. The molecule has 1 atom stereocenters. The fourth-order valence-electron chi connectivity index (χ4n) is 4.40. The molecule has 1 aromatic heterocycles. The second-order valence-corrected chi connectivity index (χ2v) is 9.40. The zero-order valence-corrected chi connectivity index (χ0v) is 22.3. The second kappa shape index (κ2) is 12.2. The molecular formula is C27H32ClN5O4. The van der Waals surface area contributed by atoms with Gasteiger partial charge in [-0.3, -0.25) is 9.69 Å². The minimum absolute atomic E-state index is 0. The van der Waals surface area contributed by atoms with E-state index in [9.17, 15) is 10.1 Å². The molecule has 0 fully saturated rings. The molecule has 0 aliphatic carbocycles. The van der Waals surface area contributed by atoms with Gasteiger partial charge in [-0.25, -0.2) is 0 Å². The van der Waals surface area contributed by atoms with Crippen LogP contribution in [0.3, 0.4) is 0 Å². The van der Waals surface area contributed by atoms with Crippen LogP contribution >= 0.6 is 12.4 Å². The Morgan fingerprint density at radius 3 is 2.78 bits per heavy atom. The number of aliphatic hydroxyl groups is 1. The Balaban J connectivity index is 0.00000380. The molecule has 2 heterocycles. The molecule has 1 aliphatic heterocycles. The van der Waals surface area contributed by atoms with Gasteiger partial charge < -0.3 is 19.7 Å². The molecule has 196 valence electrons. The average Bonchev–Trinajstić information content (AvgIpc) is 3.34. The van der Waals surface area contributed by atoms with Crippen LogP contribution in [0.5, 0.6) is 5.75 Å². The van der Waals surface area contributed by atoms with Crippen LogP contribution in [0.15, 0.2) is 34.9 Å². The number of nitriles is 1. The quantitative estimate of drug-likeness (QED) is 0.456. The fraction of sp³-hybridized carbons (Fsp3) is 0.407. The summed E-state index contributed by atoms with van der Waals surface area (Å²) in [6, 6.07) is 11.2. The number of fused-ring (bicyclic) bond motifs is 1. The van der Waals surface area contributed by atoms with E-state index in [1.54, 1.807) is 19.1 Å². The lowest BCUT2D eigenvalue weighted by atomic mass is 9.91. The zero-order chi connectivity index (χ0) is 25.8. The van der Waals surface area contributed by atoms with Gasteiger partial charge in [-0.1, -0.05) is 17.3 Å². The summed E-state index contributed by atoms with van der Waals surface area (Å²) in [6.45, 7) is 9.31. The van der Waals surface area contributed by atoms with Crippen molar-refractivity contribution in [3.05, 3.63) is 52.6 Å². The molecule has 9 nitrogen and oxygen atoms in total. The Morgan fingerprint density at radius 1 is 1.30 bits per heavy atom. The van der Waals surface area contributed by atoms with Gasteiger partial charge in [-0.15, -0.1) is 12.4 Å². The fourth-order valence-corrected chi connectivity index (χ4v) is 4.40. The van der Waals surface area contributed by atoms with Crippen LogP contribution < -0.4 is 10.1 Å². The van der Waals surface area contributed by atoms with Crippen LogP contribution in [0.25, 0.3) is 22.8 Å². The molecule has 1 aliphatic rings. The largest absolute Gasteiger partial charge is 0.490 e. The summed E-state index contributed by atoms with van der Waals surface area (Å²) in [4.78, 5) is 18.9. The average molecular weight is 526 g/mol. The van der Waals surface area contributed by atoms with E-state index in [0.717, 1.165) is 24.1 Å². The van der Waals surface area contributed by atoms with E-state index >= 15 is 0 Å². The summed E-state index contributed by atoms with van der Waals surface area (Å²) in [6.07, 6.45) is 0.773. The third kappa shape index (κ3) is 6.46. The monoisotopic (exact) mass is 525 g/mol. The number of benzene rings is 2. The number of nitrogens with one attached hydrogen (secondary N) is 1. The summed E-state index contributed by atoms with van der Waals surface area (Å²) in [7, 11) is 0. The molecule has 0 saturated heterocycles. The number of amides is 1. The number of halogens is 1. The summed E-state index contributed by atoms with van der Waals surface area (Å²) >= 11 is 0. The van der Waals surface area contributed by atoms with Crippen LogP contribution in [0.2, 0.25) is 0 Å². The van der Waals surface area contributed by atoms with Gasteiger partial charge in [-0.2, -0.15) is 10.2 Å². The Hall–Kier alpha value is -3.45. The van der Waals surface area contributed by atoms with E-state index in [-0.39, 0.29) is 37.1 Å². The van der Waals surface area contributed by atoms with Gasteiger partial charge in [0.2, 0.25) is 11.7 Å². The predicted octanol–water partition coefficient (Wildman–Crippen LogP) is 3.65. The Bertz CT molecular complexity index is 1300. The first kappa shape index (κ1) is 28.1. The third-order valence-electron chi connectivity index (χ3n) is 6.19. The molecule has 0 bridgehead atoms. The van der Waals surface area contributed by atoms with E-state index in [0.29, 0.717) is 41.7 Å². The lowest BCUT2D eigenvalue weighted by Gasteiger charge is -2.30. The van der Waals surface area contributed by atoms with Crippen LogP contribution in [0, 0.1) is 18.3 Å². The molecule has 10 heteroatoms. The molecule has 37 heavy (non-hydrogen) atoms. The summed E-state index contributed by atoms with van der Waals surface area (Å²) in [5.41, 5.74) is 5.47. The van der Waals surface area contributed by atoms with Gasteiger partial charge >= 0.3 is 0 Å². The highest BCUT2D eigenvalue weighted by atomic mass is 35.5. The van der Waals surface area contributed by atoms with Gasteiger partial charge in [0.15, 0.2) is 0 Å². The van der Waals surface area contributed by atoms with E-state index < -0.39 is 0 Å². The number of ether oxygens (including phenoxy) is 1. The van der Waals surface area contributed by atoms with E-state index in [1.807, 2.05) is 26.0 Å². The van der Waals surface area contributed by atoms with Crippen molar-refractivity contribution in [3.8, 4) is 34.7 Å². The molecule has 4 rings (SSSR count). The first-order chi connectivity index (χ1) is 17.3. The van der Waals surface area contributed by atoms with Crippen LogP contribution in [-0.2, 0) is 17.8 Å². The smallest absolute Gasteiger partial charge is 0.258 e. The minimum atomic E-state index is -0.253. The number of hydrogen-bond donors (Lipinski definition) is 2. The molecular weight excluding hydrogens is 494 g/mol. The van der Waals surface area contributed by atoms with Crippen molar-refractivity contribution in [1.82, 2.24) is 20.4 Å². The Labute approximate surface area is 222 Å². The second-order valence-electron chi connectivity index (χ2n) is 9.40. The SMILES string of the molecule is Cc1c(-c2noc(-c3ccc(OC(C)C)c(C#N)c3)n2)ccc2c1CCN(CC(=O)N[C@H](C)CO)C2.Cl. The highest BCUT2D eigenvalue weighted by Crippen LogP contribution is 2.32. The maximum absolute atomic E-state index is 12.2. The van der Waals surface area contributed by atoms with Crippen molar-refractivity contribution in [2.45, 2.75) is 52.8 Å². The molecule has 0 saturated carbocycles. The molecule has 0 radical (unpaired) electrons. The number of carbonyl (C=O) groups is 1. The standard InChI is InChI=1S/C27H31N5O4.ClH/c1-16(2)35-24-8-6-19(11-21(24)12-28)27-30-26(31-36-27)23-7-5-20-13-32(10-9-22(20)18(23)4)14-25(34)29-17(3)15-33;/h5-8,11,16-17,33H,9-10,13-15H2,1-4H3,(H,29,34);1H/t17-;/m1./s1. The van der Waals surface area contributed by atoms with Crippen molar-refractivity contribution < 1.29 is 19.2 Å². The summed E-state index contributed by atoms with van der Waals surface area (Å²) < 4.78 is 11.2. The van der Waals surface area contributed by atoms with Crippen LogP contribution in [0.4, 0.5) is 0 Å². The number of hydrogen-bond acceptors (Lipinski definition) is 8. The van der Waals surface area contributed by atoms with Crippen LogP contribution in [0.1, 0.15) is 43.0 Å². The highest BCUT2D eigenvalue weighted by molar-refractivity contribution is 5.85. The number of carbonyl (C=O) groups excluding carboxylic acids is 1. The topological polar surface area (TPSA) is 125 Å². The summed E-state index contributed by atoms with van der Waals surface area (Å²) in [5, 5.41) is 25.7. The maximum Gasteiger partial charge on any atom is 0.258 e. The Morgan fingerprint density at radius 2 is 2.08 bits per heavy atom. The van der Waals surface area contributed by atoms with Crippen molar-refractivity contribution in [3.63, 3.8) is 0 Å². The highest BCUT2D eigenvalue weighted by Gasteiger charge is 2.23. The van der Waals surface area contributed by atoms with Crippen molar-refractivity contribution in [1.29, 1.82) is 5.26 Å². The van der Waals surface area contributed by atoms with Crippen molar-refractivity contribution in [2.75, 3.05) is 19.7 Å². The third-order valence-corrected chi connectivity index (χ3v) is 6.19. The molecule has 1 amide bonds. The summed E-state index contributed by atoms with van der Waals surface area (Å²) in [5.74, 6) is 1.27. The van der Waals surface area contributed by atoms with Crippen LogP contribution in [-0.4, -0.2) is 57.9 Å². The number of aliphatic hydroxyl groups excluding tert-OH is 1. The van der Waals surface area contributed by atoms with Gasteiger partial charge in [0.1, 0.15) is 11.8 Å². The molecule has 2 N–H and O–H groups in total. The Kier molecular flexibility index (Phi) is 9.27. The number of aromatic nitrogens is 2. The van der Waals surface area contributed by atoms with E-state index in [2.05, 4.69) is 39.4 Å². The van der Waals surface area contributed by atoms with E-state index in [1.165, 1.54) is 11.1 Å². The first-order valence-corrected chi connectivity index (χ1v) is 12.1. The van der Waals surface area contributed by atoms with Crippen molar-refractivity contribution in [2.24, 2.45) is 0 Å². The number of rotatable bonds is 8. The maximum atomic E-state index is 12.2. The number of nitrogens with zero attached hydrogens (tertiary/aromatic N) is 4. The minimum Gasteiger partial charge on any atom is -0.490 e. The predicted molar refractivity (Wildman–Crippen MR) is 141 cm³/mol. The lowest BCUT2D eigenvalue weighted by molar-refractivity contribution is -0.123. The molecule has 0 spiro atoms. The lowest BCUT2D eigenvalue weighted by Crippen LogP contribution is -2.43. The molecule has 3 aromatic rings. The first-order valence-electron chi connectivity index (χ1n) is 12.1. The molecule has 0 unspecified atom stereocenters. The van der Waals surface area contributed by atoms with E-state index in [4.69, 9.17) is 14.4 Å². The van der Waals surface area contributed by atoms with Gasteiger partial charge in [0.25, 0.3) is 5.89 Å². The van der Waals surface area contributed by atoms with Gasteiger partial charge in [-0.05, 0) is 69.0 Å². The van der Waals surface area contributed by atoms with Gasteiger partial charge in [0, 0.05) is 30.3 Å². The zero-order valence-electron chi connectivity index (χ0n) is 21.4. The van der Waals surface area contributed by atoms with Gasteiger partial charge in [0.05, 0.1) is 24.8 Å². The molecule has 2 aromatic carbocycles.